The van der Waals surface area contributed by atoms with Crippen LogP contribution in [0.15, 0.2) is 48.5 Å². The number of hydrogen-bond acceptors (Lipinski definition) is 2. The van der Waals surface area contributed by atoms with E-state index in [4.69, 9.17) is 4.74 Å². The fourth-order valence-corrected chi connectivity index (χ4v) is 1.67. The lowest BCUT2D eigenvalue weighted by molar-refractivity contribution is 0.111. The molecule has 18 heavy (non-hydrogen) atoms. The number of halogens is 1. The molecule has 0 aliphatic heterocycles. The van der Waals surface area contributed by atoms with Crippen molar-refractivity contribution < 1.29 is 13.9 Å². The van der Waals surface area contributed by atoms with Crippen LogP contribution in [0.3, 0.4) is 0 Å². The molecule has 0 saturated carbocycles. The standard InChI is InChI=1S/C15H13FO2/c1-11(12-5-3-2-4-6-12)18-14-8-7-13(10-17)15(16)9-14/h2-11H,1H3/t11-/m0/s1. The van der Waals surface area contributed by atoms with Gasteiger partial charge in [-0.2, -0.15) is 0 Å². The van der Waals surface area contributed by atoms with Gasteiger partial charge in [-0.3, -0.25) is 4.79 Å². The van der Waals surface area contributed by atoms with Crippen molar-refractivity contribution in [3.05, 3.63) is 65.5 Å². The molecule has 0 amide bonds. The summed E-state index contributed by atoms with van der Waals surface area (Å²) in [5.74, 6) is -0.155. The van der Waals surface area contributed by atoms with Crippen LogP contribution in [-0.4, -0.2) is 6.29 Å². The van der Waals surface area contributed by atoms with Crippen LogP contribution in [0.1, 0.15) is 28.9 Å². The zero-order chi connectivity index (χ0) is 13.0. The molecule has 0 heterocycles. The van der Waals surface area contributed by atoms with Gasteiger partial charge in [0.25, 0.3) is 0 Å². The molecular formula is C15H13FO2. The lowest BCUT2D eigenvalue weighted by Crippen LogP contribution is -2.03. The SMILES string of the molecule is C[C@H](Oc1ccc(C=O)c(F)c1)c1ccccc1. The zero-order valence-electron chi connectivity index (χ0n) is 9.97. The highest BCUT2D eigenvalue weighted by atomic mass is 19.1. The average Bonchev–Trinajstić information content (AvgIpc) is 2.40. The number of aldehydes is 1. The molecule has 0 aliphatic rings. The molecular weight excluding hydrogens is 231 g/mol. The maximum Gasteiger partial charge on any atom is 0.152 e. The summed E-state index contributed by atoms with van der Waals surface area (Å²) in [5.41, 5.74) is 1.05. The average molecular weight is 244 g/mol. The van der Waals surface area contributed by atoms with Gasteiger partial charge in [0.2, 0.25) is 0 Å². The van der Waals surface area contributed by atoms with Gasteiger partial charge >= 0.3 is 0 Å². The van der Waals surface area contributed by atoms with Gasteiger partial charge in [0.05, 0.1) is 5.56 Å². The predicted molar refractivity (Wildman–Crippen MR) is 67.3 cm³/mol. The van der Waals surface area contributed by atoms with E-state index in [1.54, 1.807) is 6.07 Å². The van der Waals surface area contributed by atoms with Crippen LogP contribution in [0, 0.1) is 5.82 Å². The molecule has 0 aliphatic carbocycles. The Labute approximate surface area is 105 Å². The Bertz CT molecular complexity index is 537. The minimum atomic E-state index is -0.567. The second kappa shape index (κ2) is 5.45. The first kappa shape index (κ1) is 12.3. The van der Waals surface area contributed by atoms with E-state index >= 15 is 0 Å². The monoisotopic (exact) mass is 244 g/mol. The van der Waals surface area contributed by atoms with Crippen molar-refractivity contribution in [2.24, 2.45) is 0 Å². The lowest BCUT2D eigenvalue weighted by atomic mass is 10.1. The maximum atomic E-state index is 13.4. The van der Waals surface area contributed by atoms with E-state index in [0.717, 1.165) is 5.56 Å². The maximum absolute atomic E-state index is 13.4. The molecule has 0 spiro atoms. The molecule has 0 aromatic heterocycles. The molecule has 0 saturated heterocycles. The summed E-state index contributed by atoms with van der Waals surface area (Å²) >= 11 is 0. The van der Waals surface area contributed by atoms with Crippen LogP contribution in [0.2, 0.25) is 0 Å². The lowest BCUT2D eigenvalue weighted by Gasteiger charge is -2.15. The number of benzene rings is 2. The largest absolute Gasteiger partial charge is 0.486 e. The topological polar surface area (TPSA) is 26.3 Å². The first-order chi connectivity index (χ1) is 8.70. The summed E-state index contributed by atoms with van der Waals surface area (Å²) in [6.45, 7) is 1.89. The molecule has 0 fully saturated rings. The van der Waals surface area contributed by atoms with Crippen molar-refractivity contribution in [3.8, 4) is 5.75 Å². The number of carbonyl (C=O) groups excluding carboxylic acids is 1. The van der Waals surface area contributed by atoms with Gasteiger partial charge in [-0.05, 0) is 24.6 Å². The van der Waals surface area contributed by atoms with E-state index in [0.29, 0.717) is 12.0 Å². The van der Waals surface area contributed by atoms with E-state index in [1.165, 1.54) is 12.1 Å². The van der Waals surface area contributed by atoms with Gasteiger partial charge in [-0.15, -0.1) is 0 Å². The molecule has 2 nitrogen and oxygen atoms in total. The summed E-state index contributed by atoms with van der Waals surface area (Å²) in [7, 11) is 0. The van der Waals surface area contributed by atoms with Gasteiger partial charge < -0.3 is 4.74 Å². The second-order valence-electron chi connectivity index (χ2n) is 3.97. The molecule has 0 unspecified atom stereocenters. The third-order valence-corrected chi connectivity index (χ3v) is 2.68. The minimum Gasteiger partial charge on any atom is -0.486 e. The van der Waals surface area contributed by atoms with Crippen LogP contribution >= 0.6 is 0 Å². The fraction of sp³-hybridized carbons (Fsp3) is 0.133. The van der Waals surface area contributed by atoms with Crippen LogP contribution < -0.4 is 4.74 Å². The smallest absolute Gasteiger partial charge is 0.152 e. The van der Waals surface area contributed by atoms with Crippen molar-refractivity contribution >= 4 is 6.29 Å². The van der Waals surface area contributed by atoms with Gasteiger partial charge in [0.15, 0.2) is 6.29 Å². The van der Waals surface area contributed by atoms with Gasteiger partial charge in [-0.25, -0.2) is 4.39 Å². The number of carbonyl (C=O) groups is 1. The van der Waals surface area contributed by atoms with Gasteiger partial charge in [0, 0.05) is 6.07 Å². The third kappa shape index (κ3) is 2.74. The first-order valence-electron chi connectivity index (χ1n) is 5.67. The second-order valence-corrected chi connectivity index (χ2v) is 3.97. The van der Waals surface area contributed by atoms with Crippen LogP contribution in [0.4, 0.5) is 4.39 Å². The van der Waals surface area contributed by atoms with E-state index < -0.39 is 5.82 Å². The highest BCUT2D eigenvalue weighted by molar-refractivity contribution is 5.75. The normalized spacial score (nSPS) is 11.9. The van der Waals surface area contributed by atoms with Crippen LogP contribution in [0.25, 0.3) is 0 Å². The quantitative estimate of drug-likeness (QED) is 0.765. The van der Waals surface area contributed by atoms with Crippen LogP contribution in [0.5, 0.6) is 5.75 Å². The Morgan fingerprint density at radius 2 is 1.89 bits per heavy atom. The Morgan fingerprint density at radius 1 is 1.17 bits per heavy atom. The Balaban J connectivity index is 2.15. The van der Waals surface area contributed by atoms with E-state index in [2.05, 4.69) is 0 Å². The summed E-state index contributed by atoms with van der Waals surface area (Å²) in [6, 6.07) is 13.9. The highest BCUT2D eigenvalue weighted by Crippen LogP contribution is 2.23. The zero-order valence-corrected chi connectivity index (χ0v) is 9.97. The van der Waals surface area contributed by atoms with Crippen molar-refractivity contribution in [2.75, 3.05) is 0 Å². The summed E-state index contributed by atoms with van der Waals surface area (Å²) in [4.78, 5) is 10.5. The molecule has 1 atom stereocenters. The number of hydrogen-bond donors (Lipinski definition) is 0. The van der Waals surface area contributed by atoms with E-state index in [-0.39, 0.29) is 11.7 Å². The molecule has 2 aromatic rings. The Morgan fingerprint density at radius 3 is 2.50 bits per heavy atom. The predicted octanol–water partition coefficient (Wildman–Crippen LogP) is 3.78. The van der Waals surface area contributed by atoms with Gasteiger partial charge in [-0.1, -0.05) is 30.3 Å². The minimum absolute atomic E-state index is 0.0368. The van der Waals surface area contributed by atoms with Crippen molar-refractivity contribution in [3.63, 3.8) is 0 Å². The number of rotatable bonds is 4. The molecule has 0 bridgehead atoms. The van der Waals surface area contributed by atoms with Crippen molar-refractivity contribution in [2.45, 2.75) is 13.0 Å². The molecule has 0 radical (unpaired) electrons. The fourth-order valence-electron chi connectivity index (χ4n) is 1.67. The summed E-state index contributed by atoms with van der Waals surface area (Å²) < 4.78 is 19.0. The summed E-state index contributed by atoms with van der Waals surface area (Å²) in [5, 5.41) is 0. The molecule has 92 valence electrons. The Kier molecular flexibility index (Phi) is 3.72. The molecule has 2 rings (SSSR count). The summed E-state index contributed by atoms with van der Waals surface area (Å²) in [6.07, 6.45) is 0.312. The Hall–Kier alpha value is -2.16. The van der Waals surface area contributed by atoms with Crippen molar-refractivity contribution in [1.82, 2.24) is 0 Å². The number of ether oxygens (including phenoxy) is 1. The first-order valence-corrected chi connectivity index (χ1v) is 5.67. The molecule has 3 heteroatoms. The van der Waals surface area contributed by atoms with E-state index in [9.17, 15) is 9.18 Å². The van der Waals surface area contributed by atoms with Gasteiger partial charge in [0.1, 0.15) is 17.7 Å². The van der Waals surface area contributed by atoms with Crippen LogP contribution in [-0.2, 0) is 0 Å². The molecule has 2 aromatic carbocycles. The van der Waals surface area contributed by atoms with Crippen molar-refractivity contribution in [1.29, 1.82) is 0 Å². The van der Waals surface area contributed by atoms with E-state index in [1.807, 2.05) is 37.3 Å². The highest BCUT2D eigenvalue weighted by Gasteiger charge is 2.08. The molecule has 0 N–H and O–H groups in total. The third-order valence-electron chi connectivity index (χ3n) is 2.68.